The molecular formula is C25H46O. The van der Waals surface area contributed by atoms with Gasteiger partial charge in [-0.05, 0) is 79.4 Å². The number of methoxy groups -OCH3 is 1. The summed E-state index contributed by atoms with van der Waals surface area (Å²) in [6.45, 7) is 10.4. The number of rotatable bonds is 5. The van der Waals surface area contributed by atoms with Crippen molar-refractivity contribution in [1.29, 1.82) is 0 Å². The van der Waals surface area contributed by atoms with Crippen molar-refractivity contribution in [2.24, 2.45) is 34.5 Å². The average Bonchev–Trinajstić information content (AvgIpc) is 2.68. The largest absolute Gasteiger partial charge is 0.381 e. The van der Waals surface area contributed by atoms with Gasteiger partial charge < -0.3 is 4.74 Å². The first-order valence-corrected chi connectivity index (χ1v) is 11.9. The molecule has 3 unspecified atom stereocenters. The van der Waals surface area contributed by atoms with Crippen LogP contribution in [0.3, 0.4) is 0 Å². The van der Waals surface area contributed by atoms with Gasteiger partial charge in [-0.3, -0.25) is 0 Å². The van der Waals surface area contributed by atoms with E-state index in [2.05, 4.69) is 27.7 Å². The maximum atomic E-state index is 6.09. The number of ether oxygens (including phenoxy) is 1. The minimum atomic E-state index is 0.433. The van der Waals surface area contributed by atoms with Gasteiger partial charge in [-0.15, -0.1) is 0 Å². The molecule has 1 nitrogen and oxygen atoms in total. The molecular weight excluding hydrogens is 316 g/mol. The average molecular weight is 363 g/mol. The van der Waals surface area contributed by atoms with Crippen LogP contribution in [0, 0.1) is 34.5 Å². The van der Waals surface area contributed by atoms with E-state index in [0.717, 1.165) is 23.7 Å². The summed E-state index contributed by atoms with van der Waals surface area (Å²) in [6.07, 6.45) is 19.2. The standard InChI is InChI=1S/C25H46O/c1-24(2,19-12-8-6-9-13-19)21-16-17-23(26-5)22(18-21)25(3,4)20-14-10-7-11-15-20/h19-23H,6-18H2,1-5H3. The first-order valence-electron chi connectivity index (χ1n) is 11.9. The minimum absolute atomic E-state index is 0.433. The summed E-state index contributed by atoms with van der Waals surface area (Å²) in [4.78, 5) is 0. The van der Waals surface area contributed by atoms with E-state index >= 15 is 0 Å². The van der Waals surface area contributed by atoms with E-state index < -0.39 is 0 Å². The molecule has 152 valence electrons. The first-order chi connectivity index (χ1) is 12.4. The first kappa shape index (κ1) is 20.7. The van der Waals surface area contributed by atoms with Gasteiger partial charge in [0.2, 0.25) is 0 Å². The molecule has 0 aromatic carbocycles. The van der Waals surface area contributed by atoms with E-state index in [1.807, 2.05) is 7.11 Å². The summed E-state index contributed by atoms with van der Waals surface area (Å²) in [5, 5.41) is 0. The molecule has 3 aliphatic carbocycles. The van der Waals surface area contributed by atoms with Crippen molar-refractivity contribution in [3.63, 3.8) is 0 Å². The van der Waals surface area contributed by atoms with Gasteiger partial charge in [0.15, 0.2) is 0 Å². The Bertz CT molecular complexity index is 425. The third-order valence-electron chi connectivity index (χ3n) is 9.41. The molecule has 26 heavy (non-hydrogen) atoms. The number of hydrogen-bond donors (Lipinski definition) is 0. The van der Waals surface area contributed by atoms with Crippen LogP contribution in [0.1, 0.15) is 111 Å². The van der Waals surface area contributed by atoms with Crippen LogP contribution in [0.5, 0.6) is 0 Å². The lowest BCUT2D eigenvalue weighted by molar-refractivity contribution is -0.0911. The molecule has 0 spiro atoms. The van der Waals surface area contributed by atoms with Crippen LogP contribution in [-0.2, 0) is 4.74 Å². The van der Waals surface area contributed by atoms with Gasteiger partial charge in [0.05, 0.1) is 6.10 Å². The van der Waals surface area contributed by atoms with Crippen molar-refractivity contribution >= 4 is 0 Å². The molecule has 1 heteroatoms. The minimum Gasteiger partial charge on any atom is -0.381 e. The molecule has 0 saturated heterocycles. The summed E-state index contributed by atoms with van der Waals surface area (Å²) in [7, 11) is 1.97. The second-order valence-corrected chi connectivity index (χ2v) is 11.2. The van der Waals surface area contributed by atoms with Gasteiger partial charge in [0, 0.05) is 7.11 Å². The molecule has 0 aliphatic heterocycles. The molecule has 0 N–H and O–H groups in total. The highest BCUT2D eigenvalue weighted by atomic mass is 16.5. The van der Waals surface area contributed by atoms with E-state index in [1.54, 1.807) is 0 Å². The molecule has 0 heterocycles. The Morgan fingerprint density at radius 3 is 1.58 bits per heavy atom. The summed E-state index contributed by atoms with van der Waals surface area (Å²) >= 11 is 0. The summed E-state index contributed by atoms with van der Waals surface area (Å²) < 4.78 is 6.09. The van der Waals surface area contributed by atoms with E-state index in [-0.39, 0.29) is 0 Å². The lowest BCUT2D eigenvalue weighted by Gasteiger charge is -2.53. The van der Waals surface area contributed by atoms with Crippen LogP contribution < -0.4 is 0 Å². The SMILES string of the molecule is COC1CCC(C(C)(C)C2CCCCC2)CC1C(C)(C)C1CCCCC1. The maximum absolute atomic E-state index is 6.09. The van der Waals surface area contributed by atoms with Crippen LogP contribution >= 0.6 is 0 Å². The van der Waals surface area contributed by atoms with E-state index in [1.165, 1.54) is 83.5 Å². The van der Waals surface area contributed by atoms with Crippen LogP contribution in [-0.4, -0.2) is 13.2 Å². The molecule has 0 radical (unpaired) electrons. The van der Waals surface area contributed by atoms with Gasteiger partial charge >= 0.3 is 0 Å². The lowest BCUT2D eigenvalue weighted by Crippen LogP contribution is -2.47. The van der Waals surface area contributed by atoms with Crippen molar-refractivity contribution in [3.05, 3.63) is 0 Å². The van der Waals surface area contributed by atoms with Crippen molar-refractivity contribution in [2.75, 3.05) is 7.11 Å². The van der Waals surface area contributed by atoms with Crippen molar-refractivity contribution < 1.29 is 4.74 Å². The predicted molar refractivity (Wildman–Crippen MR) is 112 cm³/mol. The smallest absolute Gasteiger partial charge is 0.0604 e. The van der Waals surface area contributed by atoms with E-state index in [4.69, 9.17) is 4.74 Å². The van der Waals surface area contributed by atoms with Gasteiger partial charge in [-0.25, -0.2) is 0 Å². The topological polar surface area (TPSA) is 9.23 Å². The van der Waals surface area contributed by atoms with Gasteiger partial charge in [-0.1, -0.05) is 66.2 Å². The normalized spacial score (nSPS) is 33.3. The highest BCUT2D eigenvalue weighted by Crippen LogP contribution is 2.55. The lowest BCUT2D eigenvalue weighted by atomic mass is 9.53. The molecule has 0 aromatic rings. The Morgan fingerprint density at radius 2 is 1.08 bits per heavy atom. The van der Waals surface area contributed by atoms with Crippen LogP contribution in [0.15, 0.2) is 0 Å². The Morgan fingerprint density at radius 1 is 0.577 bits per heavy atom. The fourth-order valence-corrected chi connectivity index (χ4v) is 7.21. The Hall–Kier alpha value is -0.0400. The molecule has 0 aromatic heterocycles. The summed E-state index contributed by atoms with van der Waals surface area (Å²) in [5.41, 5.74) is 0.947. The second-order valence-electron chi connectivity index (χ2n) is 11.2. The highest BCUT2D eigenvalue weighted by Gasteiger charge is 2.48. The zero-order chi connectivity index (χ0) is 18.8. The Labute approximate surface area is 164 Å². The van der Waals surface area contributed by atoms with E-state index in [0.29, 0.717) is 16.9 Å². The monoisotopic (exact) mass is 362 g/mol. The van der Waals surface area contributed by atoms with Crippen LogP contribution in [0.4, 0.5) is 0 Å². The summed E-state index contributed by atoms with van der Waals surface area (Å²) in [5.74, 6) is 3.51. The molecule has 3 saturated carbocycles. The number of hydrogen-bond acceptors (Lipinski definition) is 1. The predicted octanol–water partition coefficient (Wildman–Crippen LogP) is 7.63. The Balaban J connectivity index is 1.75. The molecule has 0 bridgehead atoms. The van der Waals surface area contributed by atoms with Crippen LogP contribution in [0.25, 0.3) is 0 Å². The van der Waals surface area contributed by atoms with E-state index in [9.17, 15) is 0 Å². The molecule has 3 atom stereocenters. The van der Waals surface area contributed by atoms with Crippen molar-refractivity contribution in [2.45, 2.75) is 117 Å². The van der Waals surface area contributed by atoms with Gasteiger partial charge in [0.1, 0.15) is 0 Å². The molecule has 0 amide bonds. The van der Waals surface area contributed by atoms with Gasteiger partial charge in [-0.2, -0.15) is 0 Å². The third-order valence-corrected chi connectivity index (χ3v) is 9.41. The Kier molecular flexibility index (Phi) is 6.80. The maximum Gasteiger partial charge on any atom is 0.0604 e. The second kappa shape index (κ2) is 8.54. The zero-order valence-electron chi connectivity index (χ0n) is 18.5. The van der Waals surface area contributed by atoms with Gasteiger partial charge in [0.25, 0.3) is 0 Å². The molecule has 3 fully saturated rings. The van der Waals surface area contributed by atoms with Crippen molar-refractivity contribution in [1.82, 2.24) is 0 Å². The molecule has 3 aliphatic rings. The quantitative estimate of drug-likeness (QED) is 0.488. The highest BCUT2D eigenvalue weighted by molar-refractivity contribution is 4.98. The molecule has 3 rings (SSSR count). The zero-order valence-corrected chi connectivity index (χ0v) is 18.5. The summed E-state index contributed by atoms with van der Waals surface area (Å²) in [6, 6.07) is 0. The van der Waals surface area contributed by atoms with Crippen molar-refractivity contribution in [3.8, 4) is 0 Å². The fraction of sp³-hybridized carbons (Fsp3) is 1.00. The van der Waals surface area contributed by atoms with Crippen LogP contribution in [0.2, 0.25) is 0 Å². The fourth-order valence-electron chi connectivity index (χ4n) is 7.21. The third kappa shape index (κ3) is 4.18.